The van der Waals surface area contributed by atoms with Crippen molar-refractivity contribution in [2.24, 2.45) is 0 Å². The summed E-state index contributed by atoms with van der Waals surface area (Å²) >= 11 is 1.73. The van der Waals surface area contributed by atoms with Crippen LogP contribution in [0.3, 0.4) is 0 Å². The minimum Gasteiger partial charge on any atom is -0.425 e. The number of oxazole rings is 1. The highest BCUT2D eigenvalue weighted by molar-refractivity contribution is 8.04. The highest BCUT2D eigenvalue weighted by Gasteiger charge is 2.52. The number of hydrogen-bond acceptors (Lipinski definition) is 7. The van der Waals surface area contributed by atoms with Gasteiger partial charge in [0.1, 0.15) is 15.9 Å². The highest BCUT2D eigenvalue weighted by atomic mass is 35.7. The fraction of sp³-hybridized carbons (Fsp3) is 0.0294. The third-order valence-corrected chi connectivity index (χ3v) is 11.9. The lowest BCUT2D eigenvalue weighted by Crippen LogP contribution is -2.68. The molecular formula is C34H27ClNO5PS. The van der Waals surface area contributed by atoms with Gasteiger partial charge in [0, 0.05) is 11.3 Å². The molecule has 0 unspecified atom stereocenters. The first-order valence-corrected chi connectivity index (χ1v) is 17.3. The van der Waals surface area contributed by atoms with Crippen LogP contribution in [0, 0.1) is 10.2 Å². The van der Waals surface area contributed by atoms with Gasteiger partial charge in [0.05, 0.1) is 0 Å². The predicted molar refractivity (Wildman–Crippen MR) is 163 cm³/mol. The Hall–Kier alpha value is -3.78. The van der Waals surface area contributed by atoms with E-state index in [0.717, 1.165) is 21.8 Å². The molecule has 9 heteroatoms. The topological polar surface area (TPSA) is 118 Å². The molecule has 6 aromatic rings. The van der Waals surface area contributed by atoms with Gasteiger partial charge in [-0.1, -0.05) is 115 Å². The zero-order chi connectivity index (χ0) is 30.1. The van der Waals surface area contributed by atoms with Gasteiger partial charge in [-0.05, 0) is 54.1 Å². The molecule has 5 aromatic carbocycles. The number of nitrogens with zero attached hydrogens (tertiary/aromatic N) is 1. The number of aromatic nitrogens is 1. The van der Waals surface area contributed by atoms with Crippen LogP contribution in [0.25, 0.3) is 11.5 Å². The summed E-state index contributed by atoms with van der Waals surface area (Å²) < 4.78 is 40.6. The van der Waals surface area contributed by atoms with Crippen molar-refractivity contribution in [1.29, 1.82) is 0 Å². The molecule has 0 amide bonds. The Balaban J connectivity index is 0.000000682. The van der Waals surface area contributed by atoms with E-state index >= 15 is 0 Å². The Morgan fingerprint density at radius 3 is 1.35 bits per heavy atom. The van der Waals surface area contributed by atoms with E-state index in [1.165, 1.54) is 21.5 Å². The molecule has 0 saturated heterocycles. The maximum Gasteiger partial charge on any atom is 0.251 e. The summed E-state index contributed by atoms with van der Waals surface area (Å²) in [6, 6.07) is 53.3. The van der Waals surface area contributed by atoms with E-state index in [1.54, 1.807) is 11.8 Å². The molecule has 1 aromatic heterocycles. The lowest BCUT2D eigenvalue weighted by Gasteiger charge is -2.25. The van der Waals surface area contributed by atoms with Gasteiger partial charge in [-0.25, -0.2) is 18.6 Å². The van der Waals surface area contributed by atoms with Crippen molar-refractivity contribution in [3.05, 3.63) is 157 Å². The molecule has 0 bridgehead atoms. The predicted octanol–water partition coefficient (Wildman–Crippen LogP) is 2.50. The van der Waals surface area contributed by atoms with Gasteiger partial charge in [0.15, 0.2) is 7.26 Å². The fourth-order valence-electron chi connectivity index (χ4n) is 4.80. The molecule has 0 fully saturated rings. The molecule has 0 N–H and O–H groups in total. The van der Waals surface area contributed by atoms with E-state index in [2.05, 4.69) is 133 Å². The van der Waals surface area contributed by atoms with Crippen LogP contribution in [-0.2, 0) is 5.75 Å². The molecule has 0 aliphatic rings. The van der Waals surface area contributed by atoms with Gasteiger partial charge in [0.2, 0.25) is 11.0 Å². The van der Waals surface area contributed by atoms with E-state index in [-0.39, 0.29) is 0 Å². The normalized spacial score (nSPS) is 11.4. The van der Waals surface area contributed by atoms with Crippen molar-refractivity contribution < 1.29 is 33.3 Å². The molecule has 216 valence electrons. The van der Waals surface area contributed by atoms with Crippen molar-refractivity contribution in [3.63, 3.8) is 0 Å². The van der Waals surface area contributed by atoms with Gasteiger partial charge in [-0.3, -0.25) is 0 Å². The summed E-state index contributed by atoms with van der Waals surface area (Å²) in [6.07, 6.45) is 0. The molecule has 0 saturated carbocycles. The summed E-state index contributed by atoms with van der Waals surface area (Å²) in [6.45, 7) is 0. The second kappa shape index (κ2) is 14.1. The van der Waals surface area contributed by atoms with Crippen LogP contribution in [0.2, 0.25) is 0 Å². The molecule has 1 heterocycles. The molecule has 0 spiro atoms. The number of thioether (sulfide) groups is 1. The molecule has 43 heavy (non-hydrogen) atoms. The van der Waals surface area contributed by atoms with Crippen LogP contribution >= 0.6 is 19.0 Å². The minimum absolute atomic E-state index is 0.656. The standard InChI is InChI=1S/C34H27NOPS.ClHO4/c1-6-16-27(17-7-1)26-38-34-33(35-32(36-34)28-18-8-2-9-19-28)37(29-20-10-3-11-21-29,30-22-12-4-13-23-30)31-24-14-5-15-25-31;2-1(3,4)5/h1-25H,26H2;(H,2,3,4,5)/q+1;/p-1. The van der Waals surface area contributed by atoms with Crippen molar-refractivity contribution >= 4 is 40.4 Å². The average Bonchev–Trinajstić information content (AvgIpc) is 3.47. The molecule has 0 atom stereocenters. The third kappa shape index (κ3) is 7.60. The first-order chi connectivity index (χ1) is 20.9. The molecule has 0 aliphatic carbocycles. The number of rotatable bonds is 8. The third-order valence-electron chi connectivity index (χ3n) is 6.56. The monoisotopic (exact) mass is 627 g/mol. The molecular weight excluding hydrogens is 601 g/mol. The highest BCUT2D eigenvalue weighted by Crippen LogP contribution is 2.56. The summed E-state index contributed by atoms with van der Waals surface area (Å²) in [5.74, 6) is 1.46. The van der Waals surface area contributed by atoms with Crippen LogP contribution in [0.15, 0.2) is 161 Å². The molecule has 0 radical (unpaired) electrons. The smallest absolute Gasteiger partial charge is 0.251 e. The van der Waals surface area contributed by atoms with Crippen LogP contribution in [0.5, 0.6) is 0 Å². The van der Waals surface area contributed by atoms with Crippen molar-refractivity contribution in [3.8, 4) is 11.5 Å². The van der Waals surface area contributed by atoms with E-state index in [4.69, 9.17) is 28.0 Å². The van der Waals surface area contributed by atoms with E-state index in [9.17, 15) is 0 Å². The lowest BCUT2D eigenvalue weighted by atomic mass is 10.2. The number of halogens is 1. The van der Waals surface area contributed by atoms with Crippen LogP contribution in [-0.4, -0.2) is 4.98 Å². The Kier molecular flexibility index (Phi) is 10.1. The van der Waals surface area contributed by atoms with E-state index in [1.807, 2.05) is 18.2 Å². The summed E-state index contributed by atoms with van der Waals surface area (Å²) in [5.41, 5.74) is 3.25. The molecule has 6 nitrogen and oxygen atoms in total. The van der Waals surface area contributed by atoms with Gasteiger partial charge < -0.3 is 4.42 Å². The SMILES string of the molecule is [O-][Cl+3]([O-])([O-])[O-].c1ccc(CSc2oc(-c3ccccc3)nc2[P+](c2ccccc2)(c2ccccc2)c2ccccc2)cc1. The first kappa shape index (κ1) is 30.7. The van der Waals surface area contributed by atoms with Crippen molar-refractivity contribution in [1.82, 2.24) is 4.98 Å². The molecule has 0 aliphatic heterocycles. The zero-order valence-corrected chi connectivity index (χ0v) is 25.3. The average molecular weight is 628 g/mol. The van der Waals surface area contributed by atoms with Crippen LogP contribution < -0.4 is 40.0 Å². The second-order valence-corrected chi connectivity index (χ2v) is 14.3. The first-order valence-electron chi connectivity index (χ1n) is 13.3. The summed E-state index contributed by atoms with van der Waals surface area (Å²) in [7, 11) is -7.33. The largest absolute Gasteiger partial charge is 0.425 e. The number of benzene rings is 5. The van der Waals surface area contributed by atoms with Gasteiger partial charge in [0.25, 0.3) is 5.44 Å². The zero-order valence-electron chi connectivity index (χ0n) is 22.9. The minimum atomic E-state index is -4.94. The Bertz CT molecular complexity index is 1600. The van der Waals surface area contributed by atoms with Crippen LogP contribution in [0.1, 0.15) is 5.56 Å². The maximum atomic E-state index is 8.49. The van der Waals surface area contributed by atoms with Crippen LogP contribution in [0.4, 0.5) is 0 Å². The van der Waals surface area contributed by atoms with Gasteiger partial charge >= 0.3 is 0 Å². The Labute approximate surface area is 257 Å². The van der Waals surface area contributed by atoms with E-state index < -0.39 is 17.5 Å². The van der Waals surface area contributed by atoms with Crippen molar-refractivity contribution in [2.45, 2.75) is 10.8 Å². The summed E-state index contributed by atoms with van der Waals surface area (Å²) in [5, 5.41) is 4.64. The number of hydrogen-bond donors (Lipinski definition) is 0. The van der Waals surface area contributed by atoms with Gasteiger partial charge in [-0.15, -0.1) is 10.2 Å². The van der Waals surface area contributed by atoms with Gasteiger partial charge in [-0.2, -0.15) is 4.98 Å². The summed E-state index contributed by atoms with van der Waals surface area (Å²) in [4.78, 5) is 5.36. The Morgan fingerprint density at radius 1 is 0.558 bits per heavy atom. The van der Waals surface area contributed by atoms with Crippen molar-refractivity contribution in [2.75, 3.05) is 0 Å². The second-order valence-electron chi connectivity index (χ2n) is 9.33. The quantitative estimate of drug-likeness (QED) is 0.188. The Morgan fingerprint density at radius 2 is 0.930 bits per heavy atom. The fourth-order valence-corrected chi connectivity index (χ4v) is 10.3. The molecule has 6 rings (SSSR count). The lowest BCUT2D eigenvalue weighted by molar-refractivity contribution is -2.00. The maximum absolute atomic E-state index is 8.49. The van der Waals surface area contributed by atoms with E-state index in [0.29, 0.717) is 5.89 Å².